The Morgan fingerprint density at radius 3 is 2.70 bits per heavy atom. The molecule has 3 heteroatoms. The van der Waals surface area contributed by atoms with E-state index in [0.29, 0.717) is 15.5 Å². The first kappa shape index (κ1) is 7.46. The van der Waals surface area contributed by atoms with E-state index in [9.17, 15) is 0 Å². The second kappa shape index (κ2) is 2.96. The maximum atomic E-state index is 8.47. The summed E-state index contributed by atoms with van der Waals surface area (Å²) in [6.45, 7) is 0. The van der Waals surface area contributed by atoms with Crippen molar-refractivity contribution in [3.05, 3.63) is 28.8 Å². The first-order valence-corrected chi connectivity index (χ1v) is 3.46. The minimum absolute atomic E-state index is 0.424. The van der Waals surface area contributed by atoms with Crippen molar-refractivity contribution in [1.82, 2.24) is 0 Å². The molecule has 0 spiro atoms. The minimum Gasteiger partial charge on any atom is -0.192 e. The van der Waals surface area contributed by atoms with Gasteiger partial charge >= 0.3 is 0 Å². The normalized spacial score (nSPS) is 8.90. The van der Waals surface area contributed by atoms with Gasteiger partial charge in [0.1, 0.15) is 6.07 Å². The van der Waals surface area contributed by atoms with Crippen LogP contribution in [0.4, 0.5) is 0 Å². The standard InChI is InChI=1S/C7H4ClNS/c8-7-5(4-9)2-1-3-6(7)10/h1-3,10H. The molecule has 0 bridgehead atoms. The molecule has 1 nitrogen and oxygen atoms in total. The monoisotopic (exact) mass is 169 g/mol. The molecular formula is C7H4ClNS. The van der Waals surface area contributed by atoms with Crippen LogP contribution >= 0.6 is 24.2 Å². The quantitative estimate of drug-likeness (QED) is 0.593. The summed E-state index contributed by atoms with van der Waals surface area (Å²) in [6.07, 6.45) is 0. The summed E-state index contributed by atoms with van der Waals surface area (Å²) >= 11 is 9.73. The van der Waals surface area contributed by atoms with Crippen molar-refractivity contribution in [3.63, 3.8) is 0 Å². The summed E-state index contributed by atoms with van der Waals surface area (Å²) in [5.41, 5.74) is 0.467. The number of hydrogen-bond acceptors (Lipinski definition) is 2. The number of benzene rings is 1. The highest BCUT2D eigenvalue weighted by molar-refractivity contribution is 7.80. The van der Waals surface area contributed by atoms with E-state index in [0.717, 1.165) is 0 Å². The molecule has 0 aliphatic heterocycles. The van der Waals surface area contributed by atoms with Gasteiger partial charge in [0.2, 0.25) is 0 Å². The van der Waals surface area contributed by atoms with E-state index in [4.69, 9.17) is 16.9 Å². The van der Waals surface area contributed by atoms with Crippen LogP contribution in [0.5, 0.6) is 0 Å². The van der Waals surface area contributed by atoms with Crippen LogP contribution in [0.25, 0.3) is 0 Å². The lowest BCUT2D eigenvalue weighted by Gasteiger charge is -1.95. The second-order valence-corrected chi connectivity index (χ2v) is 2.61. The predicted molar refractivity (Wildman–Crippen MR) is 43.4 cm³/mol. The second-order valence-electron chi connectivity index (χ2n) is 1.75. The Bertz CT molecular complexity index is 290. The van der Waals surface area contributed by atoms with E-state index >= 15 is 0 Å². The zero-order valence-corrected chi connectivity index (χ0v) is 6.65. The molecule has 1 aromatic rings. The van der Waals surface area contributed by atoms with Crippen LogP contribution in [0.15, 0.2) is 23.1 Å². The lowest BCUT2D eigenvalue weighted by Crippen LogP contribution is -1.76. The van der Waals surface area contributed by atoms with Gasteiger partial charge in [-0.05, 0) is 12.1 Å². The van der Waals surface area contributed by atoms with Crippen molar-refractivity contribution in [2.75, 3.05) is 0 Å². The van der Waals surface area contributed by atoms with Gasteiger partial charge in [0.25, 0.3) is 0 Å². The van der Waals surface area contributed by atoms with E-state index in [2.05, 4.69) is 12.6 Å². The van der Waals surface area contributed by atoms with Gasteiger partial charge in [-0.15, -0.1) is 12.6 Å². The van der Waals surface area contributed by atoms with Crippen molar-refractivity contribution in [2.24, 2.45) is 0 Å². The van der Waals surface area contributed by atoms with Gasteiger partial charge in [0.05, 0.1) is 10.6 Å². The first-order chi connectivity index (χ1) is 4.75. The summed E-state index contributed by atoms with van der Waals surface area (Å²) < 4.78 is 0. The Labute approximate surface area is 69.6 Å². The Morgan fingerprint density at radius 1 is 1.50 bits per heavy atom. The highest BCUT2D eigenvalue weighted by atomic mass is 35.5. The highest BCUT2D eigenvalue weighted by Gasteiger charge is 1.99. The number of halogens is 1. The van der Waals surface area contributed by atoms with Crippen molar-refractivity contribution >= 4 is 24.2 Å². The molecule has 0 saturated heterocycles. The third-order valence-corrected chi connectivity index (χ3v) is 2.01. The van der Waals surface area contributed by atoms with E-state index in [1.807, 2.05) is 6.07 Å². The molecule has 0 unspecified atom stereocenters. The van der Waals surface area contributed by atoms with Gasteiger partial charge < -0.3 is 0 Å². The lowest BCUT2D eigenvalue weighted by molar-refractivity contribution is 1.41. The van der Waals surface area contributed by atoms with Crippen LogP contribution in [-0.2, 0) is 0 Å². The van der Waals surface area contributed by atoms with E-state index in [1.165, 1.54) is 0 Å². The molecule has 1 rings (SSSR count). The average molecular weight is 170 g/mol. The van der Waals surface area contributed by atoms with Crippen LogP contribution in [-0.4, -0.2) is 0 Å². The van der Waals surface area contributed by atoms with Crippen LogP contribution in [0, 0.1) is 11.3 Å². The number of thiol groups is 1. The summed E-state index contributed by atoms with van der Waals surface area (Å²) in [4.78, 5) is 0.640. The van der Waals surface area contributed by atoms with Gasteiger partial charge in [-0.25, -0.2) is 0 Å². The van der Waals surface area contributed by atoms with Gasteiger partial charge in [0.15, 0.2) is 0 Å². The van der Waals surface area contributed by atoms with E-state index < -0.39 is 0 Å². The molecule has 1 aromatic carbocycles. The number of rotatable bonds is 0. The van der Waals surface area contributed by atoms with Crippen molar-refractivity contribution in [2.45, 2.75) is 4.90 Å². The number of hydrogen-bond donors (Lipinski definition) is 1. The average Bonchev–Trinajstić information content (AvgIpc) is 1.95. The molecule has 0 atom stereocenters. The Kier molecular flexibility index (Phi) is 2.21. The largest absolute Gasteiger partial charge is 0.192 e. The molecule has 0 aromatic heterocycles. The molecule has 0 saturated carbocycles. The van der Waals surface area contributed by atoms with E-state index in [-0.39, 0.29) is 0 Å². The van der Waals surface area contributed by atoms with Crippen LogP contribution in [0.1, 0.15) is 5.56 Å². The van der Waals surface area contributed by atoms with Crippen LogP contribution in [0.2, 0.25) is 5.02 Å². The smallest absolute Gasteiger partial charge is 0.101 e. The predicted octanol–water partition coefficient (Wildman–Crippen LogP) is 2.50. The molecule has 0 N–H and O–H groups in total. The Balaban J connectivity index is 3.31. The SMILES string of the molecule is N#Cc1cccc(S)c1Cl. The van der Waals surface area contributed by atoms with E-state index in [1.54, 1.807) is 18.2 Å². The van der Waals surface area contributed by atoms with Crippen molar-refractivity contribution in [3.8, 4) is 6.07 Å². The van der Waals surface area contributed by atoms with Gasteiger partial charge in [-0.2, -0.15) is 5.26 Å². The maximum Gasteiger partial charge on any atom is 0.101 e. The molecule has 0 heterocycles. The molecule has 0 fully saturated rings. The summed E-state index contributed by atoms with van der Waals surface area (Å²) in [7, 11) is 0. The maximum absolute atomic E-state index is 8.47. The summed E-state index contributed by atoms with van der Waals surface area (Å²) in [6, 6.07) is 7.10. The van der Waals surface area contributed by atoms with Crippen LogP contribution < -0.4 is 0 Å². The molecule has 0 aliphatic carbocycles. The lowest BCUT2D eigenvalue weighted by atomic mass is 10.2. The fourth-order valence-corrected chi connectivity index (χ4v) is 0.981. The minimum atomic E-state index is 0.424. The number of nitriles is 1. The topological polar surface area (TPSA) is 23.8 Å². The van der Waals surface area contributed by atoms with Crippen molar-refractivity contribution in [1.29, 1.82) is 5.26 Å². The molecule has 0 radical (unpaired) electrons. The summed E-state index contributed by atoms with van der Waals surface area (Å²) in [5, 5.41) is 8.90. The van der Waals surface area contributed by atoms with Gasteiger partial charge in [0, 0.05) is 4.90 Å². The summed E-state index contributed by atoms with van der Waals surface area (Å²) in [5.74, 6) is 0. The molecular weight excluding hydrogens is 166 g/mol. The highest BCUT2D eigenvalue weighted by Crippen LogP contribution is 2.22. The van der Waals surface area contributed by atoms with Crippen molar-refractivity contribution < 1.29 is 0 Å². The zero-order valence-electron chi connectivity index (χ0n) is 5.00. The zero-order chi connectivity index (χ0) is 7.56. The Morgan fingerprint density at radius 2 is 2.20 bits per heavy atom. The first-order valence-electron chi connectivity index (χ1n) is 2.63. The van der Waals surface area contributed by atoms with Crippen LogP contribution in [0.3, 0.4) is 0 Å². The molecule has 10 heavy (non-hydrogen) atoms. The molecule has 0 amide bonds. The third kappa shape index (κ3) is 1.26. The molecule has 50 valence electrons. The fourth-order valence-electron chi connectivity index (χ4n) is 0.606. The van der Waals surface area contributed by atoms with Gasteiger partial charge in [-0.1, -0.05) is 17.7 Å². The fraction of sp³-hybridized carbons (Fsp3) is 0. The third-order valence-electron chi connectivity index (χ3n) is 1.10. The number of nitrogens with zero attached hydrogens (tertiary/aromatic N) is 1. The Hall–Kier alpha value is -0.650. The van der Waals surface area contributed by atoms with Gasteiger partial charge in [-0.3, -0.25) is 0 Å². The molecule has 0 aliphatic rings.